The Kier molecular flexibility index (Phi) is 3.27. The number of nitriles is 1. The molecule has 2 heteroatoms. The van der Waals surface area contributed by atoms with Gasteiger partial charge < -0.3 is 4.57 Å². The standard InChI is InChI=1S/C19H18N2/c1-4-10-21-17-9-8-14(13(2)3)11-16(17)19-15(12-20)6-5-7-18(19)21/h5-9,11H,2,4,10H2,1,3H3. The van der Waals surface area contributed by atoms with Crippen molar-refractivity contribution in [3.63, 3.8) is 0 Å². The van der Waals surface area contributed by atoms with E-state index in [4.69, 9.17) is 0 Å². The molecule has 1 aromatic heterocycles. The topological polar surface area (TPSA) is 28.7 Å². The van der Waals surface area contributed by atoms with Crippen LogP contribution in [0.15, 0.2) is 43.0 Å². The fourth-order valence-electron chi connectivity index (χ4n) is 2.97. The molecule has 0 aliphatic carbocycles. The summed E-state index contributed by atoms with van der Waals surface area (Å²) in [6.07, 6.45) is 1.07. The van der Waals surface area contributed by atoms with Gasteiger partial charge in [-0.25, -0.2) is 0 Å². The van der Waals surface area contributed by atoms with E-state index >= 15 is 0 Å². The smallest absolute Gasteiger partial charge is 0.0998 e. The van der Waals surface area contributed by atoms with Crippen molar-refractivity contribution in [1.82, 2.24) is 4.57 Å². The normalized spacial score (nSPS) is 10.9. The minimum absolute atomic E-state index is 0.742. The van der Waals surface area contributed by atoms with Crippen molar-refractivity contribution in [3.05, 3.63) is 54.1 Å². The molecule has 0 spiro atoms. The van der Waals surface area contributed by atoms with E-state index in [0.29, 0.717) is 0 Å². The molecule has 0 unspecified atom stereocenters. The number of benzene rings is 2. The minimum atomic E-state index is 0.742. The highest BCUT2D eigenvalue weighted by molar-refractivity contribution is 6.11. The molecule has 0 N–H and O–H groups in total. The molecule has 3 aromatic rings. The Labute approximate surface area is 124 Å². The first-order chi connectivity index (χ1) is 10.2. The number of hydrogen-bond acceptors (Lipinski definition) is 1. The third-order valence-corrected chi connectivity index (χ3v) is 3.95. The monoisotopic (exact) mass is 274 g/mol. The average Bonchev–Trinajstić information content (AvgIpc) is 2.81. The fourth-order valence-corrected chi connectivity index (χ4v) is 2.97. The molecule has 0 amide bonds. The minimum Gasteiger partial charge on any atom is -0.340 e. The lowest BCUT2D eigenvalue weighted by molar-refractivity contribution is 0.724. The van der Waals surface area contributed by atoms with E-state index in [0.717, 1.165) is 46.0 Å². The third kappa shape index (κ3) is 2.02. The number of fused-ring (bicyclic) bond motifs is 3. The molecule has 3 rings (SSSR count). The molecule has 0 aliphatic heterocycles. The molecule has 21 heavy (non-hydrogen) atoms. The van der Waals surface area contributed by atoms with Gasteiger partial charge in [-0.3, -0.25) is 0 Å². The Morgan fingerprint density at radius 3 is 2.71 bits per heavy atom. The van der Waals surface area contributed by atoms with Crippen molar-refractivity contribution in [2.24, 2.45) is 0 Å². The lowest BCUT2D eigenvalue weighted by atomic mass is 10.0. The van der Waals surface area contributed by atoms with Gasteiger partial charge in [0, 0.05) is 22.8 Å². The summed E-state index contributed by atoms with van der Waals surface area (Å²) in [5.74, 6) is 0. The number of hydrogen-bond donors (Lipinski definition) is 0. The summed E-state index contributed by atoms with van der Waals surface area (Å²) in [6, 6.07) is 14.7. The van der Waals surface area contributed by atoms with E-state index in [-0.39, 0.29) is 0 Å². The highest BCUT2D eigenvalue weighted by Gasteiger charge is 2.13. The van der Waals surface area contributed by atoms with Crippen LogP contribution in [0.25, 0.3) is 27.4 Å². The Balaban J connectivity index is 2.50. The van der Waals surface area contributed by atoms with Crippen molar-refractivity contribution < 1.29 is 0 Å². The number of allylic oxidation sites excluding steroid dienone is 1. The third-order valence-electron chi connectivity index (χ3n) is 3.95. The molecule has 104 valence electrons. The molecule has 0 fully saturated rings. The number of aryl methyl sites for hydroxylation is 1. The van der Waals surface area contributed by atoms with Crippen molar-refractivity contribution >= 4 is 27.4 Å². The summed E-state index contributed by atoms with van der Waals surface area (Å²) in [5, 5.41) is 11.6. The lowest BCUT2D eigenvalue weighted by Gasteiger charge is -2.05. The van der Waals surface area contributed by atoms with Crippen LogP contribution in [0, 0.1) is 11.3 Å². The molecule has 0 saturated heterocycles. The van der Waals surface area contributed by atoms with Crippen LogP contribution in [0.5, 0.6) is 0 Å². The van der Waals surface area contributed by atoms with Crippen molar-refractivity contribution in [3.8, 4) is 6.07 Å². The van der Waals surface area contributed by atoms with E-state index in [1.807, 2.05) is 19.1 Å². The molecule has 0 radical (unpaired) electrons. The highest BCUT2D eigenvalue weighted by Crippen LogP contribution is 2.33. The fraction of sp³-hybridized carbons (Fsp3) is 0.211. The number of aromatic nitrogens is 1. The average molecular weight is 274 g/mol. The van der Waals surface area contributed by atoms with Gasteiger partial charge in [0.25, 0.3) is 0 Å². The largest absolute Gasteiger partial charge is 0.340 e. The Hall–Kier alpha value is -2.53. The van der Waals surface area contributed by atoms with Gasteiger partial charge in [0.05, 0.1) is 17.1 Å². The van der Waals surface area contributed by atoms with E-state index in [1.165, 1.54) is 5.52 Å². The maximum Gasteiger partial charge on any atom is 0.0998 e. The Morgan fingerprint density at radius 1 is 1.24 bits per heavy atom. The zero-order valence-corrected chi connectivity index (χ0v) is 12.5. The van der Waals surface area contributed by atoms with Crippen LogP contribution in [-0.4, -0.2) is 4.57 Å². The molecular weight excluding hydrogens is 256 g/mol. The number of rotatable bonds is 3. The molecule has 0 saturated carbocycles. The van der Waals surface area contributed by atoms with Crippen molar-refractivity contribution in [2.45, 2.75) is 26.8 Å². The van der Waals surface area contributed by atoms with E-state index in [2.05, 4.69) is 48.4 Å². The van der Waals surface area contributed by atoms with E-state index < -0.39 is 0 Å². The first-order valence-electron chi connectivity index (χ1n) is 7.28. The van der Waals surface area contributed by atoms with Crippen LogP contribution in [0.1, 0.15) is 31.4 Å². The van der Waals surface area contributed by atoms with Crippen LogP contribution in [0.2, 0.25) is 0 Å². The van der Waals surface area contributed by atoms with Crippen LogP contribution >= 0.6 is 0 Å². The molecule has 0 aliphatic rings. The second kappa shape index (κ2) is 5.10. The van der Waals surface area contributed by atoms with Crippen molar-refractivity contribution in [1.29, 1.82) is 5.26 Å². The SMILES string of the molecule is C=C(C)c1ccc2c(c1)c1c(C#N)cccc1n2CCC. The van der Waals surface area contributed by atoms with Crippen LogP contribution < -0.4 is 0 Å². The molecule has 0 bridgehead atoms. The van der Waals surface area contributed by atoms with Gasteiger partial charge in [-0.2, -0.15) is 5.26 Å². The first kappa shape index (κ1) is 13.5. The van der Waals surface area contributed by atoms with E-state index in [9.17, 15) is 5.26 Å². The van der Waals surface area contributed by atoms with Crippen LogP contribution in [-0.2, 0) is 6.54 Å². The summed E-state index contributed by atoms with van der Waals surface area (Å²) in [5.41, 5.74) is 5.25. The molecule has 1 heterocycles. The van der Waals surface area contributed by atoms with Gasteiger partial charge in [-0.1, -0.05) is 31.2 Å². The van der Waals surface area contributed by atoms with Gasteiger partial charge in [-0.15, -0.1) is 0 Å². The quantitative estimate of drug-likeness (QED) is 0.652. The lowest BCUT2D eigenvalue weighted by Crippen LogP contribution is -1.95. The van der Waals surface area contributed by atoms with Gasteiger partial charge in [0.1, 0.15) is 0 Å². The molecule has 0 atom stereocenters. The van der Waals surface area contributed by atoms with Crippen LogP contribution in [0.3, 0.4) is 0 Å². The summed E-state index contributed by atoms with van der Waals surface area (Å²) in [7, 11) is 0. The summed E-state index contributed by atoms with van der Waals surface area (Å²) < 4.78 is 2.31. The summed E-state index contributed by atoms with van der Waals surface area (Å²) in [6.45, 7) is 9.17. The zero-order valence-electron chi connectivity index (χ0n) is 12.5. The van der Waals surface area contributed by atoms with Gasteiger partial charge in [-0.05, 0) is 43.2 Å². The maximum atomic E-state index is 9.44. The Morgan fingerprint density at radius 2 is 2.05 bits per heavy atom. The number of nitrogens with zero attached hydrogens (tertiary/aromatic N) is 2. The maximum absolute atomic E-state index is 9.44. The van der Waals surface area contributed by atoms with E-state index in [1.54, 1.807) is 0 Å². The second-order valence-corrected chi connectivity index (χ2v) is 5.48. The molecular formula is C19H18N2. The summed E-state index contributed by atoms with van der Waals surface area (Å²) in [4.78, 5) is 0. The predicted octanol–water partition coefficient (Wildman–Crippen LogP) is 5.11. The zero-order chi connectivity index (χ0) is 15.0. The highest BCUT2D eigenvalue weighted by atomic mass is 15.0. The van der Waals surface area contributed by atoms with Crippen LogP contribution in [0.4, 0.5) is 0 Å². The Bertz CT molecular complexity index is 891. The van der Waals surface area contributed by atoms with Gasteiger partial charge in [0.15, 0.2) is 0 Å². The summed E-state index contributed by atoms with van der Waals surface area (Å²) >= 11 is 0. The van der Waals surface area contributed by atoms with Gasteiger partial charge in [0.2, 0.25) is 0 Å². The molecule has 2 aromatic carbocycles. The van der Waals surface area contributed by atoms with Crippen molar-refractivity contribution in [2.75, 3.05) is 0 Å². The molecule has 2 nitrogen and oxygen atoms in total. The first-order valence-corrected chi connectivity index (χ1v) is 7.28. The van der Waals surface area contributed by atoms with Gasteiger partial charge >= 0.3 is 0 Å². The predicted molar refractivity (Wildman–Crippen MR) is 89.2 cm³/mol. The second-order valence-electron chi connectivity index (χ2n) is 5.48.